The Morgan fingerprint density at radius 2 is 1.48 bits per heavy atom. The molecule has 0 aromatic heterocycles. The highest BCUT2D eigenvalue weighted by Gasteiger charge is 2.20. The van der Waals surface area contributed by atoms with E-state index in [-0.39, 0.29) is 0 Å². The molecule has 2 rings (SSSR count). The van der Waals surface area contributed by atoms with E-state index in [0.29, 0.717) is 15.6 Å². The summed E-state index contributed by atoms with van der Waals surface area (Å²) in [6, 6.07) is 8.82. The molecule has 5 heteroatoms. The Bertz CT molecular complexity index is 775. The molecule has 2 aromatic rings. The van der Waals surface area contributed by atoms with Crippen molar-refractivity contribution in [2.45, 2.75) is 32.6 Å². The number of hydrogen-bond donors (Lipinski definition) is 1. The third-order valence-electron chi connectivity index (χ3n) is 3.31. The van der Waals surface area contributed by atoms with Crippen LogP contribution < -0.4 is 4.72 Å². The van der Waals surface area contributed by atoms with Gasteiger partial charge in [0, 0.05) is 5.02 Å². The smallest absolute Gasteiger partial charge is 0.262 e. The molecule has 3 nitrogen and oxygen atoms in total. The largest absolute Gasteiger partial charge is 0.279 e. The van der Waals surface area contributed by atoms with E-state index in [1.807, 2.05) is 39.8 Å². The number of rotatable bonds is 3. The Balaban J connectivity index is 2.48. The number of halogens is 1. The highest BCUT2D eigenvalue weighted by molar-refractivity contribution is 7.92. The maximum atomic E-state index is 12.6. The Hall–Kier alpha value is -1.52. The van der Waals surface area contributed by atoms with Gasteiger partial charge in [0.05, 0.1) is 10.6 Å². The number of benzene rings is 2. The average molecular weight is 324 g/mol. The van der Waals surface area contributed by atoms with Gasteiger partial charge >= 0.3 is 0 Å². The number of anilines is 1. The van der Waals surface area contributed by atoms with E-state index in [1.54, 1.807) is 18.2 Å². The first-order valence-electron chi connectivity index (χ1n) is 6.57. The van der Waals surface area contributed by atoms with Crippen LogP contribution in [0, 0.1) is 27.7 Å². The lowest BCUT2D eigenvalue weighted by atomic mass is 10.1. The summed E-state index contributed by atoms with van der Waals surface area (Å²) in [4.78, 5) is 0.336. The molecule has 1 N–H and O–H groups in total. The van der Waals surface area contributed by atoms with Crippen molar-refractivity contribution in [2.75, 3.05) is 4.72 Å². The molecule has 0 saturated carbocycles. The van der Waals surface area contributed by atoms with Crippen molar-refractivity contribution >= 4 is 27.3 Å². The topological polar surface area (TPSA) is 46.2 Å². The number of sulfonamides is 1. The standard InChI is InChI=1S/C16H18ClNO2S/c1-10-7-12(3)16(13(4)8-10)21(19,20)18-15-6-5-14(17)9-11(15)2/h5-9,18H,1-4H3. The van der Waals surface area contributed by atoms with E-state index >= 15 is 0 Å². The van der Waals surface area contributed by atoms with Crippen LogP contribution in [0.25, 0.3) is 0 Å². The fourth-order valence-corrected chi connectivity index (χ4v) is 4.34. The van der Waals surface area contributed by atoms with Crippen LogP contribution in [0.5, 0.6) is 0 Å². The van der Waals surface area contributed by atoms with Crippen LogP contribution in [0.3, 0.4) is 0 Å². The average Bonchev–Trinajstić information content (AvgIpc) is 2.30. The molecule has 0 aliphatic rings. The van der Waals surface area contributed by atoms with Crippen LogP contribution in [0.4, 0.5) is 5.69 Å². The number of hydrogen-bond acceptors (Lipinski definition) is 2. The number of nitrogens with one attached hydrogen (secondary N) is 1. The molecule has 0 aliphatic carbocycles. The third-order valence-corrected chi connectivity index (χ3v) is 5.21. The maximum absolute atomic E-state index is 12.6. The minimum absolute atomic E-state index is 0.336. The quantitative estimate of drug-likeness (QED) is 0.911. The molecule has 0 bridgehead atoms. The summed E-state index contributed by atoms with van der Waals surface area (Å²) in [5.74, 6) is 0. The Morgan fingerprint density at radius 3 is 2.00 bits per heavy atom. The molecule has 0 heterocycles. The Labute approximate surface area is 131 Å². The predicted octanol–water partition coefficient (Wildman–Crippen LogP) is 4.37. The molecule has 0 radical (unpaired) electrons. The second-order valence-electron chi connectivity index (χ2n) is 5.29. The summed E-state index contributed by atoms with van der Waals surface area (Å²) in [5, 5.41) is 0.582. The van der Waals surface area contributed by atoms with E-state index < -0.39 is 10.0 Å². The van der Waals surface area contributed by atoms with Gasteiger partial charge in [0.2, 0.25) is 0 Å². The molecule has 0 spiro atoms. The zero-order valence-corrected chi connectivity index (χ0v) is 14.1. The van der Waals surface area contributed by atoms with Gasteiger partial charge in [-0.3, -0.25) is 4.72 Å². The summed E-state index contributed by atoms with van der Waals surface area (Å²) in [6.07, 6.45) is 0. The van der Waals surface area contributed by atoms with Gasteiger partial charge in [-0.2, -0.15) is 0 Å². The van der Waals surface area contributed by atoms with Crippen LogP contribution in [0.2, 0.25) is 5.02 Å². The minimum Gasteiger partial charge on any atom is -0.279 e. The van der Waals surface area contributed by atoms with E-state index in [1.165, 1.54) is 0 Å². The molecular weight excluding hydrogens is 306 g/mol. The van der Waals surface area contributed by atoms with Gasteiger partial charge in [0.25, 0.3) is 10.0 Å². The summed E-state index contributed by atoms with van der Waals surface area (Å²) in [6.45, 7) is 7.39. The first-order valence-corrected chi connectivity index (χ1v) is 8.43. The van der Waals surface area contributed by atoms with Gasteiger partial charge < -0.3 is 0 Å². The SMILES string of the molecule is Cc1cc(C)c(S(=O)(=O)Nc2ccc(Cl)cc2C)c(C)c1. The van der Waals surface area contributed by atoms with Crippen LogP contribution in [-0.4, -0.2) is 8.42 Å². The highest BCUT2D eigenvalue weighted by atomic mass is 35.5. The van der Waals surface area contributed by atoms with Gasteiger partial charge in [0.15, 0.2) is 0 Å². The second-order valence-corrected chi connectivity index (χ2v) is 7.35. The molecular formula is C16H18ClNO2S. The van der Waals surface area contributed by atoms with Gasteiger partial charge in [-0.05, 0) is 62.6 Å². The summed E-state index contributed by atoms with van der Waals surface area (Å²) in [5.41, 5.74) is 3.86. The predicted molar refractivity (Wildman–Crippen MR) is 87.7 cm³/mol. The molecule has 21 heavy (non-hydrogen) atoms. The molecule has 0 saturated heterocycles. The zero-order valence-electron chi connectivity index (χ0n) is 12.5. The summed E-state index contributed by atoms with van der Waals surface area (Å²) < 4.78 is 27.9. The van der Waals surface area contributed by atoms with Crippen LogP contribution in [0.1, 0.15) is 22.3 Å². The molecule has 0 unspecified atom stereocenters. The van der Waals surface area contributed by atoms with Gasteiger partial charge in [-0.25, -0.2) is 8.42 Å². The van der Waals surface area contributed by atoms with Crippen molar-refractivity contribution in [2.24, 2.45) is 0 Å². The maximum Gasteiger partial charge on any atom is 0.262 e. The van der Waals surface area contributed by atoms with Crippen LogP contribution in [0.15, 0.2) is 35.2 Å². The van der Waals surface area contributed by atoms with Gasteiger partial charge in [-0.1, -0.05) is 29.3 Å². The fourth-order valence-electron chi connectivity index (χ4n) is 2.53. The molecule has 0 atom stereocenters. The van der Waals surface area contributed by atoms with Crippen molar-refractivity contribution in [1.29, 1.82) is 0 Å². The molecule has 0 fully saturated rings. The molecule has 2 aromatic carbocycles. The van der Waals surface area contributed by atoms with E-state index in [4.69, 9.17) is 11.6 Å². The molecule has 0 amide bonds. The first-order chi connectivity index (χ1) is 9.70. The van der Waals surface area contributed by atoms with Gasteiger partial charge in [-0.15, -0.1) is 0 Å². The molecule has 0 aliphatic heterocycles. The van der Waals surface area contributed by atoms with E-state index in [2.05, 4.69) is 4.72 Å². The second kappa shape index (κ2) is 5.70. The van der Waals surface area contributed by atoms with Crippen LogP contribution >= 0.6 is 11.6 Å². The highest BCUT2D eigenvalue weighted by Crippen LogP contribution is 2.26. The lowest BCUT2D eigenvalue weighted by Gasteiger charge is -2.15. The minimum atomic E-state index is -3.62. The summed E-state index contributed by atoms with van der Waals surface area (Å²) >= 11 is 5.90. The third kappa shape index (κ3) is 3.39. The van der Waals surface area contributed by atoms with Crippen molar-refractivity contribution in [3.05, 3.63) is 57.6 Å². The monoisotopic (exact) mass is 323 g/mol. The first kappa shape index (κ1) is 15.9. The van der Waals surface area contributed by atoms with Gasteiger partial charge in [0.1, 0.15) is 0 Å². The fraction of sp³-hybridized carbons (Fsp3) is 0.250. The Kier molecular flexibility index (Phi) is 4.30. The van der Waals surface area contributed by atoms with Crippen LogP contribution in [-0.2, 0) is 10.0 Å². The van der Waals surface area contributed by atoms with E-state index in [9.17, 15) is 8.42 Å². The van der Waals surface area contributed by atoms with Crippen molar-refractivity contribution in [1.82, 2.24) is 0 Å². The lowest BCUT2D eigenvalue weighted by molar-refractivity contribution is 0.600. The Morgan fingerprint density at radius 1 is 0.905 bits per heavy atom. The lowest BCUT2D eigenvalue weighted by Crippen LogP contribution is -2.16. The van der Waals surface area contributed by atoms with Crippen molar-refractivity contribution in [3.63, 3.8) is 0 Å². The summed E-state index contributed by atoms with van der Waals surface area (Å²) in [7, 11) is -3.62. The normalized spacial score (nSPS) is 11.5. The zero-order chi connectivity index (χ0) is 15.8. The molecule has 112 valence electrons. The van der Waals surface area contributed by atoms with Crippen molar-refractivity contribution in [3.8, 4) is 0 Å². The van der Waals surface area contributed by atoms with Crippen molar-refractivity contribution < 1.29 is 8.42 Å². The van der Waals surface area contributed by atoms with E-state index in [0.717, 1.165) is 22.3 Å². The number of aryl methyl sites for hydroxylation is 4.